The lowest BCUT2D eigenvalue weighted by Crippen LogP contribution is -2.54. The van der Waals surface area contributed by atoms with E-state index in [1.807, 2.05) is 11.8 Å². The first-order valence-electron chi connectivity index (χ1n) is 6.52. The highest BCUT2D eigenvalue weighted by atomic mass is 16.2. The summed E-state index contributed by atoms with van der Waals surface area (Å²) >= 11 is 0. The SMILES string of the molecule is CNc1nc(N2CCNC(=O)C2C)nc(-n2cncn2)n1. The maximum Gasteiger partial charge on any atom is 0.258 e. The van der Waals surface area contributed by atoms with Crippen LogP contribution in [0.4, 0.5) is 11.9 Å². The molecule has 10 nitrogen and oxygen atoms in total. The summed E-state index contributed by atoms with van der Waals surface area (Å²) in [4.78, 5) is 30.4. The molecule has 3 heterocycles. The molecule has 0 spiro atoms. The van der Waals surface area contributed by atoms with Crippen molar-refractivity contribution < 1.29 is 4.79 Å². The number of piperazine rings is 1. The van der Waals surface area contributed by atoms with E-state index in [2.05, 4.69) is 35.7 Å². The summed E-state index contributed by atoms with van der Waals surface area (Å²) in [5, 5.41) is 9.70. The zero-order chi connectivity index (χ0) is 14.8. The Balaban J connectivity index is 2.01. The monoisotopic (exact) mass is 289 g/mol. The standard InChI is InChI=1S/C11H15N9O/c1-7-8(21)14-3-4-19(7)10-16-9(12-2)17-11(18-10)20-6-13-5-15-20/h5-7H,3-4H2,1-2H3,(H,14,21)(H,12,16,17,18). The number of anilines is 2. The van der Waals surface area contributed by atoms with Gasteiger partial charge in [-0.2, -0.15) is 24.7 Å². The van der Waals surface area contributed by atoms with E-state index in [4.69, 9.17) is 0 Å². The molecule has 0 bridgehead atoms. The van der Waals surface area contributed by atoms with E-state index in [1.54, 1.807) is 7.05 Å². The zero-order valence-electron chi connectivity index (χ0n) is 11.7. The summed E-state index contributed by atoms with van der Waals surface area (Å²) in [7, 11) is 1.72. The topological polar surface area (TPSA) is 114 Å². The van der Waals surface area contributed by atoms with Gasteiger partial charge in [0.05, 0.1) is 0 Å². The Hall–Kier alpha value is -2.78. The molecular weight excluding hydrogens is 274 g/mol. The molecule has 1 aliphatic heterocycles. The van der Waals surface area contributed by atoms with Gasteiger partial charge >= 0.3 is 0 Å². The van der Waals surface area contributed by atoms with Gasteiger partial charge in [0.15, 0.2) is 0 Å². The predicted molar refractivity (Wildman–Crippen MR) is 74.1 cm³/mol. The van der Waals surface area contributed by atoms with Crippen molar-refractivity contribution in [3.05, 3.63) is 12.7 Å². The van der Waals surface area contributed by atoms with Crippen molar-refractivity contribution in [2.75, 3.05) is 30.4 Å². The van der Waals surface area contributed by atoms with Gasteiger partial charge in [-0.3, -0.25) is 4.79 Å². The molecule has 1 saturated heterocycles. The Morgan fingerprint density at radius 3 is 2.86 bits per heavy atom. The molecule has 1 aliphatic rings. The molecule has 2 aromatic heterocycles. The van der Waals surface area contributed by atoms with Gasteiger partial charge in [-0.25, -0.2) is 4.98 Å². The van der Waals surface area contributed by atoms with Crippen LogP contribution in [0.15, 0.2) is 12.7 Å². The molecule has 3 rings (SSSR count). The normalized spacial score (nSPS) is 18.5. The molecule has 10 heteroatoms. The van der Waals surface area contributed by atoms with Crippen molar-refractivity contribution in [2.24, 2.45) is 0 Å². The van der Waals surface area contributed by atoms with Crippen LogP contribution in [0.1, 0.15) is 6.92 Å². The first-order valence-corrected chi connectivity index (χ1v) is 6.52. The number of hydrogen-bond acceptors (Lipinski definition) is 8. The third-order valence-corrected chi connectivity index (χ3v) is 3.21. The summed E-state index contributed by atoms with van der Waals surface area (Å²) in [5.41, 5.74) is 0. The quantitative estimate of drug-likeness (QED) is 0.725. The van der Waals surface area contributed by atoms with Crippen LogP contribution in [0.3, 0.4) is 0 Å². The van der Waals surface area contributed by atoms with E-state index < -0.39 is 0 Å². The number of carbonyl (C=O) groups is 1. The van der Waals surface area contributed by atoms with Crippen LogP contribution in [0.5, 0.6) is 0 Å². The molecule has 0 saturated carbocycles. The van der Waals surface area contributed by atoms with Gasteiger partial charge in [0.2, 0.25) is 17.8 Å². The van der Waals surface area contributed by atoms with Crippen LogP contribution in [0, 0.1) is 0 Å². The largest absolute Gasteiger partial charge is 0.357 e. The summed E-state index contributed by atoms with van der Waals surface area (Å²) in [6.45, 7) is 3.01. The Bertz CT molecular complexity index is 641. The van der Waals surface area contributed by atoms with Gasteiger partial charge in [-0.15, -0.1) is 0 Å². The van der Waals surface area contributed by atoms with Gasteiger partial charge in [0, 0.05) is 20.1 Å². The summed E-state index contributed by atoms with van der Waals surface area (Å²) in [6.07, 6.45) is 2.91. The van der Waals surface area contributed by atoms with Gasteiger partial charge in [0.1, 0.15) is 18.7 Å². The smallest absolute Gasteiger partial charge is 0.258 e. The summed E-state index contributed by atoms with van der Waals surface area (Å²) in [6, 6.07) is -0.338. The van der Waals surface area contributed by atoms with E-state index in [1.165, 1.54) is 17.3 Å². The minimum atomic E-state index is -0.338. The Morgan fingerprint density at radius 2 is 2.14 bits per heavy atom. The van der Waals surface area contributed by atoms with Crippen LogP contribution < -0.4 is 15.5 Å². The third kappa shape index (κ3) is 2.47. The van der Waals surface area contributed by atoms with Crippen LogP contribution in [-0.4, -0.2) is 61.8 Å². The molecule has 2 aromatic rings. The minimum Gasteiger partial charge on any atom is -0.357 e. The molecule has 2 N–H and O–H groups in total. The highest BCUT2D eigenvalue weighted by Crippen LogP contribution is 2.16. The van der Waals surface area contributed by atoms with Crippen molar-refractivity contribution in [3.8, 4) is 5.95 Å². The van der Waals surface area contributed by atoms with E-state index in [-0.39, 0.29) is 11.9 Å². The van der Waals surface area contributed by atoms with Crippen molar-refractivity contribution >= 4 is 17.8 Å². The average molecular weight is 289 g/mol. The molecule has 1 fully saturated rings. The highest BCUT2D eigenvalue weighted by Gasteiger charge is 2.28. The van der Waals surface area contributed by atoms with Crippen LogP contribution in [0.25, 0.3) is 5.95 Å². The van der Waals surface area contributed by atoms with E-state index in [0.29, 0.717) is 30.9 Å². The maximum absolute atomic E-state index is 11.8. The number of nitrogens with zero attached hydrogens (tertiary/aromatic N) is 7. The molecule has 0 aliphatic carbocycles. The summed E-state index contributed by atoms with van der Waals surface area (Å²) in [5.74, 6) is 1.14. The van der Waals surface area contributed by atoms with E-state index in [9.17, 15) is 4.79 Å². The first-order chi connectivity index (χ1) is 10.2. The maximum atomic E-state index is 11.8. The number of nitrogens with one attached hydrogen (secondary N) is 2. The number of hydrogen-bond donors (Lipinski definition) is 2. The molecule has 0 radical (unpaired) electrons. The predicted octanol–water partition coefficient (Wildman–Crippen LogP) is -1.18. The second-order valence-electron chi connectivity index (χ2n) is 4.51. The fourth-order valence-electron chi connectivity index (χ4n) is 2.06. The van der Waals surface area contributed by atoms with Crippen molar-refractivity contribution in [1.29, 1.82) is 0 Å². The van der Waals surface area contributed by atoms with Gasteiger partial charge < -0.3 is 15.5 Å². The number of rotatable bonds is 3. The number of carbonyl (C=O) groups excluding carboxylic acids is 1. The molecule has 1 unspecified atom stereocenters. The van der Waals surface area contributed by atoms with Crippen molar-refractivity contribution in [1.82, 2.24) is 35.0 Å². The molecule has 1 atom stereocenters. The van der Waals surface area contributed by atoms with E-state index >= 15 is 0 Å². The van der Waals surface area contributed by atoms with Gasteiger partial charge in [0.25, 0.3) is 5.95 Å². The second-order valence-corrected chi connectivity index (χ2v) is 4.51. The fraction of sp³-hybridized carbons (Fsp3) is 0.455. The fourth-order valence-corrected chi connectivity index (χ4v) is 2.06. The van der Waals surface area contributed by atoms with Gasteiger partial charge in [-0.1, -0.05) is 0 Å². The van der Waals surface area contributed by atoms with Crippen LogP contribution in [0.2, 0.25) is 0 Å². The van der Waals surface area contributed by atoms with Crippen molar-refractivity contribution in [2.45, 2.75) is 13.0 Å². The molecule has 21 heavy (non-hydrogen) atoms. The van der Waals surface area contributed by atoms with Gasteiger partial charge in [-0.05, 0) is 6.92 Å². The lowest BCUT2D eigenvalue weighted by molar-refractivity contribution is -0.122. The van der Waals surface area contributed by atoms with Crippen LogP contribution >= 0.6 is 0 Å². The Morgan fingerprint density at radius 1 is 1.33 bits per heavy atom. The second kappa shape index (κ2) is 5.31. The van der Waals surface area contributed by atoms with E-state index in [0.717, 1.165) is 0 Å². The first kappa shape index (κ1) is 13.2. The third-order valence-electron chi connectivity index (χ3n) is 3.21. The lowest BCUT2D eigenvalue weighted by Gasteiger charge is -2.32. The summed E-state index contributed by atoms with van der Waals surface area (Å²) < 4.78 is 1.45. The zero-order valence-corrected chi connectivity index (χ0v) is 11.7. The molecule has 1 amide bonds. The molecule has 0 aromatic carbocycles. The Kier molecular flexibility index (Phi) is 3.34. The molecular formula is C11H15N9O. The minimum absolute atomic E-state index is 0.0463. The number of aromatic nitrogens is 6. The average Bonchev–Trinajstić information content (AvgIpc) is 3.04. The molecule has 110 valence electrons. The Labute approximate surface area is 120 Å². The highest BCUT2D eigenvalue weighted by molar-refractivity contribution is 5.85. The lowest BCUT2D eigenvalue weighted by atomic mass is 10.2. The number of amides is 1. The van der Waals surface area contributed by atoms with Crippen molar-refractivity contribution in [3.63, 3.8) is 0 Å². The van der Waals surface area contributed by atoms with Crippen LogP contribution in [-0.2, 0) is 4.79 Å².